The van der Waals surface area contributed by atoms with E-state index in [0.717, 1.165) is 12.2 Å². The third-order valence-corrected chi connectivity index (χ3v) is 6.23. The summed E-state index contributed by atoms with van der Waals surface area (Å²) in [4.78, 5) is 0. The van der Waals surface area contributed by atoms with Gasteiger partial charge in [0.05, 0.1) is 7.11 Å². The Bertz CT molecular complexity index is 664. The van der Waals surface area contributed by atoms with Crippen molar-refractivity contribution in [3.8, 4) is 16.9 Å². The van der Waals surface area contributed by atoms with Crippen LogP contribution < -0.4 is 10.5 Å². The number of ether oxygens (including phenoxy) is 1. The molecular weight excluding hydrogens is 306 g/mol. The Morgan fingerprint density at radius 3 is 1.92 bits per heavy atom. The van der Waals surface area contributed by atoms with Gasteiger partial charge in [0.2, 0.25) is 0 Å². The molecule has 1 saturated carbocycles. The molecule has 0 saturated heterocycles. The fourth-order valence-electron chi connectivity index (χ4n) is 4.11. The van der Waals surface area contributed by atoms with E-state index in [9.17, 15) is 0 Å². The van der Waals surface area contributed by atoms with E-state index in [4.69, 9.17) is 10.5 Å². The Hall–Kier alpha value is -1.80. The lowest BCUT2D eigenvalue weighted by atomic mass is 9.70. The number of benzene rings is 2. The Morgan fingerprint density at radius 1 is 0.920 bits per heavy atom. The van der Waals surface area contributed by atoms with Crippen LogP contribution in [-0.2, 0) is 0 Å². The summed E-state index contributed by atoms with van der Waals surface area (Å²) in [5, 5.41) is 0. The molecule has 3 rings (SSSR count). The zero-order valence-electron chi connectivity index (χ0n) is 15.8. The molecule has 1 aliphatic carbocycles. The van der Waals surface area contributed by atoms with Crippen molar-refractivity contribution in [2.24, 2.45) is 11.7 Å². The molecule has 0 aromatic heterocycles. The van der Waals surface area contributed by atoms with E-state index in [1.807, 2.05) is 12.1 Å². The van der Waals surface area contributed by atoms with Crippen molar-refractivity contribution >= 4 is 0 Å². The maximum atomic E-state index is 6.47. The Balaban J connectivity index is 1.65. The van der Waals surface area contributed by atoms with Gasteiger partial charge >= 0.3 is 0 Å². The number of hydrogen-bond acceptors (Lipinski definition) is 2. The molecule has 2 heteroatoms. The van der Waals surface area contributed by atoms with Gasteiger partial charge < -0.3 is 10.5 Å². The number of hydrogen-bond donors (Lipinski definition) is 1. The molecule has 2 aromatic carbocycles. The molecule has 1 unspecified atom stereocenters. The van der Waals surface area contributed by atoms with Crippen LogP contribution in [0.2, 0.25) is 0 Å². The van der Waals surface area contributed by atoms with Crippen molar-refractivity contribution in [1.29, 1.82) is 0 Å². The highest BCUT2D eigenvalue weighted by atomic mass is 16.5. The standard InChI is InChI=1S/C23H31NO/c1-4-23(2,24)21-13-9-19(10-14-21)17-5-7-18(8-6-17)20-11-15-22(25-3)16-12-20/h5-8,11-12,15-16,19,21H,4,9-10,13-14,24H2,1-3H3. The monoisotopic (exact) mass is 337 g/mol. The first-order valence-corrected chi connectivity index (χ1v) is 9.56. The van der Waals surface area contributed by atoms with Crippen LogP contribution >= 0.6 is 0 Å². The lowest BCUT2D eigenvalue weighted by Crippen LogP contribution is -2.44. The zero-order chi connectivity index (χ0) is 17.9. The van der Waals surface area contributed by atoms with E-state index in [-0.39, 0.29) is 5.54 Å². The smallest absolute Gasteiger partial charge is 0.118 e. The van der Waals surface area contributed by atoms with Gasteiger partial charge in [-0.05, 0) is 79.7 Å². The fourth-order valence-corrected chi connectivity index (χ4v) is 4.11. The normalized spacial score (nSPS) is 23.0. The van der Waals surface area contributed by atoms with Crippen molar-refractivity contribution in [3.63, 3.8) is 0 Å². The average molecular weight is 338 g/mol. The molecule has 2 nitrogen and oxygen atoms in total. The van der Waals surface area contributed by atoms with Crippen LogP contribution in [0.25, 0.3) is 11.1 Å². The molecule has 0 amide bonds. The highest BCUT2D eigenvalue weighted by Gasteiger charge is 2.32. The summed E-state index contributed by atoms with van der Waals surface area (Å²) in [6.45, 7) is 4.44. The first-order chi connectivity index (χ1) is 12.0. The van der Waals surface area contributed by atoms with E-state index in [1.165, 1.54) is 42.4 Å². The number of methoxy groups -OCH3 is 1. The predicted molar refractivity (Wildman–Crippen MR) is 106 cm³/mol. The van der Waals surface area contributed by atoms with Gasteiger partial charge in [0.15, 0.2) is 0 Å². The minimum atomic E-state index is 0.00317. The molecule has 1 atom stereocenters. The largest absolute Gasteiger partial charge is 0.497 e. The first kappa shape index (κ1) is 18.0. The number of nitrogens with two attached hydrogens (primary N) is 1. The van der Waals surface area contributed by atoms with E-state index < -0.39 is 0 Å². The lowest BCUT2D eigenvalue weighted by Gasteiger charge is -2.38. The summed E-state index contributed by atoms with van der Waals surface area (Å²) in [6, 6.07) is 17.4. The third-order valence-electron chi connectivity index (χ3n) is 6.23. The summed E-state index contributed by atoms with van der Waals surface area (Å²) in [6.07, 6.45) is 6.11. The van der Waals surface area contributed by atoms with Crippen molar-refractivity contribution in [1.82, 2.24) is 0 Å². The van der Waals surface area contributed by atoms with Crippen molar-refractivity contribution in [2.45, 2.75) is 57.4 Å². The van der Waals surface area contributed by atoms with E-state index in [1.54, 1.807) is 7.11 Å². The van der Waals surface area contributed by atoms with Crippen molar-refractivity contribution in [2.75, 3.05) is 7.11 Å². The quantitative estimate of drug-likeness (QED) is 0.752. The lowest BCUT2D eigenvalue weighted by molar-refractivity contribution is 0.204. The third kappa shape index (κ3) is 4.07. The first-order valence-electron chi connectivity index (χ1n) is 9.56. The molecule has 2 N–H and O–H groups in total. The molecular formula is C23H31NO. The Morgan fingerprint density at radius 2 is 1.44 bits per heavy atom. The molecule has 2 aromatic rings. The summed E-state index contributed by atoms with van der Waals surface area (Å²) >= 11 is 0. The van der Waals surface area contributed by atoms with Gasteiger partial charge in [-0.3, -0.25) is 0 Å². The molecule has 0 spiro atoms. The molecule has 0 aliphatic heterocycles. The predicted octanol–water partition coefficient (Wildman–Crippen LogP) is 5.76. The molecule has 0 radical (unpaired) electrons. The Labute approximate surface area is 152 Å². The summed E-state index contributed by atoms with van der Waals surface area (Å²) < 4.78 is 5.24. The van der Waals surface area contributed by atoms with Gasteiger partial charge in [0, 0.05) is 5.54 Å². The Kier molecular flexibility index (Phi) is 5.48. The van der Waals surface area contributed by atoms with Crippen molar-refractivity contribution < 1.29 is 4.74 Å². The topological polar surface area (TPSA) is 35.2 Å². The SMILES string of the molecule is CCC(C)(N)C1CCC(c2ccc(-c3ccc(OC)cc3)cc2)CC1. The van der Waals surface area contributed by atoms with Gasteiger partial charge in [0.25, 0.3) is 0 Å². The van der Waals surface area contributed by atoms with Gasteiger partial charge in [-0.15, -0.1) is 0 Å². The molecule has 1 fully saturated rings. The maximum Gasteiger partial charge on any atom is 0.118 e. The van der Waals surface area contributed by atoms with Crippen LogP contribution in [-0.4, -0.2) is 12.6 Å². The zero-order valence-corrected chi connectivity index (χ0v) is 15.8. The maximum absolute atomic E-state index is 6.47. The second-order valence-electron chi connectivity index (χ2n) is 7.76. The second kappa shape index (κ2) is 7.61. The minimum Gasteiger partial charge on any atom is -0.497 e. The fraction of sp³-hybridized carbons (Fsp3) is 0.478. The van der Waals surface area contributed by atoms with Crippen LogP contribution in [0.3, 0.4) is 0 Å². The van der Waals surface area contributed by atoms with E-state index >= 15 is 0 Å². The summed E-state index contributed by atoms with van der Waals surface area (Å²) in [5.74, 6) is 2.26. The molecule has 0 bridgehead atoms. The average Bonchev–Trinajstić information content (AvgIpc) is 2.68. The minimum absolute atomic E-state index is 0.00317. The highest BCUT2D eigenvalue weighted by molar-refractivity contribution is 5.64. The van der Waals surface area contributed by atoms with Crippen LogP contribution in [0.1, 0.15) is 57.4 Å². The molecule has 1 aliphatic rings. The molecule has 134 valence electrons. The second-order valence-corrected chi connectivity index (χ2v) is 7.76. The van der Waals surface area contributed by atoms with Crippen LogP contribution in [0.15, 0.2) is 48.5 Å². The van der Waals surface area contributed by atoms with Crippen molar-refractivity contribution in [3.05, 3.63) is 54.1 Å². The van der Waals surface area contributed by atoms with E-state index in [2.05, 4.69) is 50.2 Å². The molecule has 0 heterocycles. The van der Waals surface area contributed by atoms with Crippen LogP contribution in [0.4, 0.5) is 0 Å². The number of rotatable bonds is 5. The van der Waals surface area contributed by atoms with Gasteiger partial charge in [-0.1, -0.05) is 43.3 Å². The van der Waals surface area contributed by atoms with E-state index in [0.29, 0.717) is 11.8 Å². The summed E-state index contributed by atoms with van der Waals surface area (Å²) in [5.41, 5.74) is 10.5. The summed E-state index contributed by atoms with van der Waals surface area (Å²) in [7, 11) is 1.70. The van der Waals surface area contributed by atoms with Crippen LogP contribution in [0, 0.1) is 5.92 Å². The molecule has 25 heavy (non-hydrogen) atoms. The van der Waals surface area contributed by atoms with Gasteiger partial charge in [-0.25, -0.2) is 0 Å². The van der Waals surface area contributed by atoms with Crippen LogP contribution in [0.5, 0.6) is 5.75 Å². The highest BCUT2D eigenvalue weighted by Crippen LogP contribution is 2.40. The van der Waals surface area contributed by atoms with Gasteiger partial charge in [0.1, 0.15) is 5.75 Å². The van der Waals surface area contributed by atoms with Gasteiger partial charge in [-0.2, -0.15) is 0 Å².